The normalized spacial score (nSPS) is 13.7. The molecule has 7 nitrogen and oxygen atoms in total. The number of aliphatic hydroxyl groups excluding tert-OH is 1. The van der Waals surface area contributed by atoms with Crippen LogP contribution in [-0.4, -0.2) is 46.0 Å². The maximum atomic E-state index is 12.0. The Hall–Kier alpha value is -1.70. The first-order valence-electron chi connectivity index (χ1n) is 8.62. The Labute approximate surface area is 159 Å². The Kier molecular flexibility index (Phi) is 9.54. The molecule has 1 aromatic rings. The van der Waals surface area contributed by atoms with Crippen molar-refractivity contribution in [3.05, 3.63) is 30.1 Å². The molecule has 0 radical (unpaired) electrons. The van der Waals surface area contributed by atoms with Gasteiger partial charge >= 0.3 is 6.09 Å². The molecular formula is C18H28ClN3O4. The number of Topliss-reactive ketones (excluding diaryl/α,β-unsaturated/α-hetero) is 1. The number of rotatable bonds is 10. The van der Waals surface area contributed by atoms with E-state index >= 15 is 0 Å². The molecule has 2 atom stereocenters. The number of alkyl halides is 1. The summed E-state index contributed by atoms with van der Waals surface area (Å²) in [6.07, 6.45) is 3.53. The van der Waals surface area contributed by atoms with E-state index in [0.717, 1.165) is 0 Å². The number of hydrogen-bond donors (Lipinski definition) is 3. The van der Waals surface area contributed by atoms with Gasteiger partial charge in [0.15, 0.2) is 5.78 Å². The molecule has 0 aliphatic rings. The number of carbonyl (C=O) groups excluding carboxylic acids is 2. The van der Waals surface area contributed by atoms with E-state index in [9.17, 15) is 14.7 Å². The van der Waals surface area contributed by atoms with Crippen LogP contribution in [0.5, 0.6) is 0 Å². The fourth-order valence-electron chi connectivity index (χ4n) is 2.23. The predicted octanol–water partition coefficient (Wildman–Crippen LogP) is 2.53. The highest BCUT2D eigenvalue weighted by atomic mass is 35.5. The monoisotopic (exact) mass is 385 g/mol. The van der Waals surface area contributed by atoms with Gasteiger partial charge in [0.1, 0.15) is 11.8 Å². The molecule has 3 N–H and O–H groups in total. The third kappa shape index (κ3) is 9.12. The first-order valence-corrected chi connectivity index (χ1v) is 9.16. The molecule has 0 fully saturated rings. The zero-order valence-electron chi connectivity index (χ0n) is 15.5. The summed E-state index contributed by atoms with van der Waals surface area (Å²) in [5, 5.41) is 15.8. The van der Waals surface area contributed by atoms with Gasteiger partial charge in [0.25, 0.3) is 0 Å². The van der Waals surface area contributed by atoms with Crippen LogP contribution in [0.25, 0.3) is 0 Å². The molecule has 8 heteroatoms. The van der Waals surface area contributed by atoms with Gasteiger partial charge in [0.05, 0.1) is 11.9 Å². The maximum absolute atomic E-state index is 12.0. The van der Waals surface area contributed by atoms with E-state index in [0.29, 0.717) is 31.4 Å². The molecule has 0 aliphatic carbocycles. The number of carbonyl (C=O) groups is 2. The number of ketones is 1. The van der Waals surface area contributed by atoms with Gasteiger partial charge in [-0.3, -0.25) is 15.1 Å². The van der Waals surface area contributed by atoms with Crippen molar-refractivity contribution in [3.63, 3.8) is 0 Å². The number of hydrogen-bond acceptors (Lipinski definition) is 6. The van der Waals surface area contributed by atoms with Gasteiger partial charge in [0.2, 0.25) is 0 Å². The molecule has 1 rings (SSSR count). The second-order valence-corrected chi connectivity index (χ2v) is 7.20. The molecule has 1 heterocycles. The van der Waals surface area contributed by atoms with Crippen LogP contribution in [-0.2, 0) is 9.53 Å². The minimum Gasteiger partial charge on any atom is -0.444 e. The number of alkyl carbamates (subject to hydrolysis) is 1. The predicted molar refractivity (Wildman–Crippen MR) is 99.9 cm³/mol. The molecule has 1 aromatic heterocycles. The molecular weight excluding hydrogens is 358 g/mol. The van der Waals surface area contributed by atoms with E-state index in [1.165, 1.54) is 6.20 Å². The van der Waals surface area contributed by atoms with Gasteiger partial charge < -0.3 is 15.2 Å². The molecule has 0 saturated carbocycles. The van der Waals surface area contributed by atoms with Crippen LogP contribution < -0.4 is 10.6 Å². The summed E-state index contributed by atoms with van der Waals surface area (Å²) >= 11 is 5.66. The Balaban J connectivity index is 2.39. The molecule has 0 spiro atoms. The van der Waals surface area contributed by atoms with Gasteiger partial charge in [-0.05, 0) is 46.1 Å². The smallest absolute Gasteiger partial charge is 0.407 e. The van der Waals surface area contributed by atoms with E-state index in [2.05, 4.69) is 15.6 Å². The lowest BCUT2D eigenvalue weighted by atomic mass is 10.1. The minimum absolute atomic E-state index is 0.131. The number of halogens is 1. The number of pyridine rings is 1. The second-order valence-electron chi connectivity index (χ2n) is 6.93. The summed E-state index contributed by atoms with van der Waals surface area (Å²) in [5.74, 6) is -0.317. The lowest BCUT2D eigenvalue weighted by Gasteiger charge is -2.21. The van der Waals surface area contributed by atoms with E-state index < -0.39 is 24.0 Å². The van der Waals surface area contributed by atoms with Crippen LogP contribution in [0.2, 0.25) is 0 Å². The van der Waals surface area contributed by atoms with E-state index in [1.54, 1.807) is 39.1 Å². The van der Waals surface area contributed by atoms with Crippen molar-refractivity contribution in [2.24, 2.45) is 0 Å². The van der Waals surface area contributed by atoms with Crippen LogP contribution in [0.4, 0.5) is 4.79 Å². The fourth-order valence-corrected chi connectivity index (χ4v) is 2.42. The Bertz CT molecular complexity index is 563. The highest BCUT2D eigenvalue weighted by Crippen LogP contribution is 2.12. The van der Waals surface area contributed by atoms with Gasteiger partial charge in [-0.1, -0.05) is 6.07 Å². The fraction of sp³-hybridized carbons (Fsp3) is 0.611. The van der Waals surface area contributed by atoms with Crippen LogP contribution in [0, 0.1) is 0 Å². The highest BCUT2D eigenvalue weighted by Gasteiger charge is 2.21. The second kappa shape index (κ2) is 11.1. The average Bonchev–Trinajstić information content (AvgIpc) is 2.58. The SMILES string of the molecule is CC(C)(C)OC(=O)NCCCC[C@H](NC(O)c1cccnc1)C(=O)CCl. The number of unbranched alkanes of at least 4 members (excludes halogenated alkanes) is 1. The number of aliphatic hydroxyl groups is 1. The number of aromatic nitrogens is 1. The van der Waals surface area contributed by atoms with Crippen molar-refractivity contribution in [2.75, 3.05) is 12.4 Å². The number of ether oxygens (including phenoxy) is 1. The number of nitrogens with one attached hydrogen (secondary N) is 2. The maximum Gasteiger partial charge on any atom is 0.407 e. The van der Waals surface area contributed by atoms with Gasteiger partial charge in [-0.2, -0.15) is 0 Å². The molecule has 0 saturated heterocycles. The molecule has 0 aromatic carbocycles. The van der Waals surface area contributed by atoms with Gasteiger partial charge in [-0.25, -0.2) is 4.79 Å². The summed E-state index contributed by atoms with van der Waals surface area (Å²) in [6, 6.07) is 2.86. The van der Waals surface area contributed by atoms with Crippen molar-refractivity contribution >= 4 is 23.5 Å². The van der Waals surface area contributed by atoms with Crippen LogP contribution in [0.15, 0.2) is 24.5 Å². The zero-order chi connectivity index (χ0) is 19.6. The number of amides is 1. The average molecular weight is 386 g/mol. The van der Waals surface area contributed by atoms with Crippen molar-refractivity contribution in [2.45, 2.75) is 57.9 Å². The lowest BCUT2D eigenvalue weighted by molar-refractivity contribution is -0.119. The lowest BCUT2D eigenvalue weighted by Crippen LogP contribution is -2.40. The van der Waals surface area contributed by atoms with Crippen molar-refractivity contribution in [1.29, 1.82) is 0 Å². The molecule has 1 unspecified atom stereocenters. The van der Waals surface area contributed by atoms with Gasteiger partial charge in [0, 0.05) is 24.5 Å². The Morgan fingerprint density at radius 1 is 1.35 bits per heavy atom. The Morgan fingerprint density at radius 3 is 2.65 bits per heavy atom. The van der Waals surface area contributed by atoms with Crippen LogP contribution in [0.1, 0.15) is 51.8 Å². The first kappa shape index (κ1) is 22.3. The van der Waals surface area contributed by atoms with Crippen molar-refractivity contribution < 1.29 is 19.4 Å². The van der Waals surface area contributed by atoms with E-state index in [-0.39, 0.29) is 11.7 Å². The molecule has 1 amide bonds. The summed E-state index contributed by atoms with van der Waals surface area (Å²) in [5.41, 5.74) is 0.0420. The largest absolute Gasteiger partial charge is 0.444 e. The third-order valence-corrected chi connectivity index (χ3v) is 3.73. The summed E-state index contributed by atoms with van der Waals surface area (Å²) in [4.78, 5) is 27.5. The van der Waals surface area contributed by atoms with E-state index in [4.69, 9.17) is 16.3 Å². The topological polar surface area (TPSA) is 101 Å². The zero-order valence-corrected chi connectivity index (χ0v) is 16.3. The quantitative estimate of drug-likeness (QED) is 0.325. The molecule has 0 aliphatic heterocycles. The number of nitrogens with zero attached hydrogens (tertiary/aromatic N) is 1. The van der Waals surface area contributed by atoms with Gasteiger partial charge in [-0.15, -0.1) is 11.6 Å². The van der Waals surface area contributed by atoms with Crippen LogP contribution >= 0.6 is 11.6 Å². The standard InChI is InChI=1S/C18H28ClN3O4/c1-18(2,3)26-17(25)21-10-5-4-8-14(15(23)11-19)22-16(24)13-7-6-9-20-12-13/h6-7,9,12,14,16,22,24H,4-5,8,10-11H2,1-3H3,(H,21,25)/t14-,16?/m0/s1. The summed E-state index contributed by atoms with van der Waals surface area (Å²) in [6.45, 7) is 5.85. The van der Waals surface area contributed by atoms with Crippen molar-refractivity contribution in [1.82, 2.24) is 15.6 Å². The summed E-state index contributed by atoms with van der Waals surface area (Å²) < 4.78 is 5.15. The summed E-state index contributed by atoms with van der Waals surface area (Å²) in [7, 11) is 0. The third-order valence-electron chi connectivity index (χ3n) is 3.47. The molecule has 26 heavy (non-hydrogen) atoms. The minimum atomic E-state index is -0.999. The Morgan fingerprint density at radius 2 is 2.08 bits per heavy atom. The first-order chi connectivity index (χ1) is 12.2. The van der Waals surface area contributed by atoms with Crippen LogP contribution in [0.3, 0.4) is 0 Å². The highest BCUT2D eigenvalue weighted by molar-refractivity contribution is 6.28. The van der Waals surface area contributed by atoms with E-state index in [1.807, 2.05) is 0 Å². The molecule has 0 bridgehead atoms. The van der Waals surface area contributed by atoms with Crippen molar-refractivity contribution in [3.8, 4) is 0 Å². The molecule has 146 valence electrons.